The maximum Gasteiger partial charge on any atom is 0.319 e. The fourth-order valence-electron chi connectivity index (χ4n) is 3.42. The SMILES string of the molecule is CC(C)Oc1ccc(NC(=O)NCC2CC(=O)N(CCc3ccccc3)C2)cc1. The van der Waals surface area contributed by atoms with E-state index in [0.717, 1.165) is 18.7 Å². The Bertz CT molecular complexity index is 806. The van der Waals surface area contributed by atoms with Crippen molar-refractivity contribution >= 4 is 17.6 Å². The highest BCUT2D eigenvalue weighted by molar-refractivity contribution is 5.89. The number of ether oxygens (including phenoxy) is 1. The molecule has 6 nitrogen and oxygen atoms in total. The first kappa shape index (κ1) is 20.7. The zero-order valence-corrected chi connectivity index (χ0v) is 17.1. The van der Waals surface area contributed by atoms with Crippen molar-refractivity contribution in [3.05, 3.63) is 60.2 Å². The summed E-state index contributed by atoms with van der Waals surface area (Å²) in [5.41, 5.74) is 1.93. The van der Waals surface area contributed by atoms with Gasteiger partial charge in [0.15, 0.2) is 0 Å². The second-order valence-electron chi connectivity index (χ2n) is 7.67. The highest BCUT2D eigenvalue weighted by atomic mass is 16.5. The molecule has 1 atom stereocenters. The van der Waals surface area contributed by atoms with E-state index in [9.17, 15) is 9.59 Å². The van der Waals surface area contributed by atoms with E-state index in [1.54, 1.807) is 0 Å². The summed E-state index contributed by atoms with van der Waals surface area (Å²) in [7, 11) is 0. The summed E-state index contributed by atoms with van der Waals surface area (Å²) in [6.45, 7) is 5.82. The number of nitrogens with zero attached hydrogens (tertiary/aromatic N) is 1. The molecule has 0 radical (unpaired) electrons. The van der Waals surface area contributed by atoms with Crippen LogP contribution in [0.15, 0.2) is 54.6 Å². The molecule has 1 aliphatic rings. The van der Waals surface area contributed by atoms with Gasteiger partial charge in [-0.15, -0.1) is 0 Å². The Morgan fingerprint density at radius 3 is 2.55 bits per heavy atom. The largest absolute Gasteiger partial charge is 0.491 e. The predicted octanol–water partition coefficient (Wildman–Crippen LogP) is 3.69. The molecule has 1 unspecified atom stereocenters. The van der Waals surface area contributed by atoms with Gasteiger partial charge in [-0.05, 0) is 50.1 Å². The first-order chi connectivity index (χ1) is 14.0. The van der Waals surface area contributed by atoms with Gasteiger partial charge in [-0.25, -0.2) is 4.79 Å². The van der Waals surface area contributed by atoms with E-state index in [-0.39, 0.29) is 24.0 Å². The molecule has 29 heavy (non-hydrogen) atoms. The van der Waals surface area contributed by atoms with E-state index in [1.165, 1.54) is 5.56 Å². The van der Waals surface area contributed by atoms with Crippen LogP contribution < -0.4 is 15.4 Å². The number of carbonyl (C=O) groups excluding carboxylic acids is 2. The Labute approximate surface area is 172 Å². The summed E-state index contributed by atoms with van der Waals surface area (Å²) in [6.07, 6.45) is 1.44. The average molecular weight is 396 g/mol. The van der Waals surface area contributed by atoms with E-state index in [1.807, 2.05) is 61.2 Å². The lowest BCUT2D eigenvalue weighted by atomic mass is 10.1. The molecule has 3 amide bonds. The average Bonchev–Trinajstić information content (AvgIpc) is 3.06. The van der Waals surface area contributed by atoms with Crippen LogP contribution in [0.5, 0.6) is 5.75 Å². The third-order valence-electron chi connectivity index (χ3n) is 4.84. The molecule has 6 heteroatoms. The van der Waals surface area contributed by atoms with Crippen molar-refractivity contribution in [3.63, 3.8) is 0 Å². The maximum absolute atomic E-state index is 12.2. The molecule has 0 bridgehead atoms. The quantitative estimate of drug-likeness (QED) is 0.716. The second-order valence-corrected chi connectivity index (χ2v) is 7.67. The van der Waals surface area contributed by atoms with E-state index >= 15 is 0 Å². The minimum absolute atomic E-state index is 0.110. The van der Waals surface area contributed by atoms with Crippen LogP contribution in [0.2, 0.25) is 0 Å². The summed E-state index contributed by atoms with van der Waals surface area (Å²) in [6, 6.07) is 17.2. The Morgan fingerprint density at radius 2 is 1.86 bits per heavy atom. The fourth-order valence-corrected chi connectivity index (χ4v) is 3.42. The third-order valence-corrected chi connectivity index (χ3v) is 4.84. The van der Waals surface area contributed by atoms with Gasteiger partial charge in [0.25, 0.3) is 0 Å². The Morgan fingerprint density at radius 1 is 1.14 bits per heavy atom. The minimum atomic E-state index is -0.266. The number of carbonyl (C=O) groups is 2. The molecular weight excluding hydrogens is 366 g/mol. The van der Waals surface area contributed by atoms with Crippen LogP contribution in [-0.2, 0) is 11.2 Å². The third kappa shape index (κ3) is 6.52. The normalized spacial score (nSPS) is 16.2. The first-order valence-corrected chi connectivity index (χ1v) is 10.1. The molecule has 0 saturated carbocycles. The van der Waals surface area contributed by atoms with Crippen molar-refractivity contribution in [2.75, 3.05) is 25.0 Å². The maximum atomic E-state index is 12.2. The zero-order chi connectivity index (χ0) is 20.6. The number of hydrogen-bond donors (Lipinski definition) is 2. The van der Waals surface area contributed by atoms with E-state index < -0.39 is 0 Å². The molecule has 1 heterocycles. The number of benzene rings is 2. The van der Waals surface area contributed by atoms with E-state index in [2.05, 4.69) is 22.8 Å². The Balaban J connectivity index is 1.39. The molecule has 0 spiro atoms. The van der Waals surface area contributed by atoms with Crippen molar-refractivity contribution in [3.8, 4) is 5.75 Å². The van der Waals surface area contributed by atoms with Crippen molar-refractivity contribution < 1.29 is 14.3 Å². The van der Waals surface area contributed by atoms with Gasteiger partial charge in [0.2, 0.25) is 5.91 Å². The van der Waals surface area contributed by atoms with Crippen LogP contribution in [0.4, 0.5) is 10.5 Å². The van der Waals surface area contributed by atoms with Gasteiger partial charge in [-0.1, -0.05) is 30.3 Å². The van der Waals surface area contributed by atoms with Gasteiger partial charge < -0.3 is 20.3 Å². The Kier molecular flexibility index (Phi) is 7.11. The summed E-state index contributed by atoms with van der Waals surface area (Å²) in [4.78, 5) is 26.3. The van der Waals surface area contributed by atoms with Gasteiger partial charge in [-0.2, -0.15) is 0 Å². The molecular formula is C23H29N3O3. The summed E-state index contributed by atoms with van der Waals surface area (Å²) in [5, 5.41) is 5.69. The van der Waals surface area contributed by atoms with Gasteiger partial charge in [-0.3, -0.25) is 4.79 Å². The van der Waals surface area contributed by atoms with Crippen molar-refractivity contribution in [1.29, 1.82) is 0 Å². The number of nitrogens with one attached hydrogen (secondary N) is 2. The number of likely N-dealkylation sites (tertiary alicyclic amines) is 1. The molecule has 0 aliphatic carbocycles. The van der Waals surface area contributed by atoms with Gasteiger partial charge in [0.05, 0.1) is 6.10 Å². The van der Waals surface area contributed by atoms with Crippen LogP contribution in [0.3, 0.4) is 0 Å². The molecule has 1 fully saturated rings. The number of rotatable bonds is 8. The topological polar surface area (TPSA) is 70.7 Å². The smallest absolute Gasteiger partial charge is 0.319 e. The predicted molar refractivity (Wildman–Crippen MR) is 114 cm³/mol. The molecule has 2 aromatic carbocycles. The number of anilines is 1. The van der Waals surface area contributed by atoms with E-state index in [4.69, 9.17) is 4.74 Å². The summed E-state index contributed by atoms with van der Waals surface area (Å²) >= 11 is 0. The lowest BCUT2D eigenvalue weighted by molar-refractivity contribution is -0.127. The van der Waals surface area contributed by atoms with Crippen molar-refractivity contribution in [2.24, 2.45) is 5.92 Å². The lowest BCUT2D eigenvalue weighted by Gasteiger charge is -2.17. The molecule has 2 aromatic rings. The molecule has 2 N–H and O–H groups in total. The molecule has 1 aliphatic heterocycles. The minimum Gasteiger partial charge on any atom is -0.491 e. The fraction of sp³-hybridized carbons (Fsp3) is 0.391. The molecule has 154 valence electrons. The van der Waals surface area contributed by atoms with Crippen LogP contribution in [0, 0.1) is 5.92 Å². The molecule has 0 aromatic heterocycles. The molecule has 1 saturated heterocycles. The van der Waals surface area contributed by atoms with Crippen molar-refractivity contribution in [2.45, 2.75) is 32.8 Å². The Hall–Kier alpha value is -3.02. The first-order valence-electron chi connectivity index (χ1n) is 10.1. The summed E-state index contributed by atoms with van der Waals surface area (Å²) < 4.78 is 5.59. The zero-order valence-electron chi connectivity index (χ0n) is 17.1. The van der Waals surface area contributed by atoms with Gasteiger partial charge in [0.1, 0.15) is 5.75 Å². The van der Waals surface area contributed by atoms with Gasteiger partial charge in [0, 0.05) is 37.7 Å². The van der Waals surface area contributed by atoms with Crippen LogP contribution in [0.25, 0.3) is 0 Å². The number of urea groups is 1. The summed E-state index contributed by atoms with van der Waals surface area (Å²) in [5.74, 6) is 1.07. The standard InChI is InChI=1S/C23H29N3O3/c1-17(2)29-21-10-8-20(9-11-21)25-23(28)24-15-19-14-22(27)26(16-19)13-12-18-6-4-3-5-7-18/h3-11,17,19H,12-16H2,1-2H3,(H2,24,25,28). The van der Waals surface area contributed by atoms with Crippen molar-refractivity contribution in [1.82, 2.24) is 10.2 Å². The lowest BCUT2D eigenvalue weighted by Crippen LogP contribution is -2.34. The molecule has 3 rings (SSSR count). The highest BCUT2D eigenvalue weighted by Crippen LogP contribution is 2.19. The highest BCUT2D eigenvalue weighted by Gasteiger charge is 2.29. The second kappa shape index (κ2) is 9.96. The van der Waals surface area contributed by atoms with Crippen LogP contribution in [-0.4, -0.2) is 42.6 Å². The number of hydrogen-bond acceptors (Lipinski definition) is 3. The number of amides is 3. The van der Waals surface area contributed by atoms with E-state index in [0.29, 0.717) is 25.2 Å². The van der Waals surface area contributed by atoms with Crippen LogP contribution in [0.1, 0.15) is 25.8 Å². The monoisotopic (exact) mass is 395 g/mol. The van der Waals surface area contributed by atoms with Crippen LogP contribution >= 0.6 is 0 Å². The van der Waals surface area contributed by atoms with Gasteiger partial charge >= 0.3 is 6.03 Å².